The zero-order chi connectivity index (χ0) is 19.4. The fourth-order valence-electron chi connectivity index (χ4n) is 3.91. The van der Waals surface area contributed by atoms with Crippen molar-refractivity contribution in [1.82, 2.24) is 9.47 Å². The van der Waals surface area contributed by atoms with Crippen LogP contribution in [0.2, 0.25) is 0 Å². The molecule has 27 heavy (non-hydrogen) atoms. The summed E-state index contributed by atoms with van der Waals surface area (Å²) >= 11 is 0. The van der Waals surface area contributed by atoms with E-state index in [2.05, 4.69) is 92.9 Å². The first kappa shape index (κ1) is 19.5. The Bertz CT molecular complexity index is 857. The monoisotopic (exact) mass is 364 g/mol. The predicted molar refractivity (Wildman–Crippen MR) is 114 cm³/mol. The minimum atomic E-state index is 0.550. The Morgan fingerprint density at radius 3 is 2.30 bits per heavy atom. The van der Waals surface area contributed by atoms with Gasteiger partial charge in [-0.1, -0.05) is 36.4 Å². The second-order valence-electron chi connectivity index (χ2n) is 7.87. The van der Waals surface area contributed by atoms with Crippen LogP contribution in [0.15, 0.2) is 54.7 Å². The Balaban J connectivity index is 1.85. The van der Waals surface area contributed by atoms with Crippen LogP contribution in [-0.4, -0.2) is 28.1 Å². The van der Waals surface area contributed by atoms with Gasteiger partial charge in [-0.25, -0.2) is 0 Å². The van der Waals surface area contributed by atoms with Crippen molar-refractivity contribution < 1.29 is 4.74 Å². The van der Waals surface area contributed by atoms with Gasteiger partial charge in [0.25, 0.3) is 0 Å². The molecule has 1 aromatic heterocycles. The zero-order valence-electron chi connectivity index (χ0n) is 17.3. The minimum Gasteiger partial charge on any atom is -0.488 e. The lowest BCUT2D eigenvalue weighted by Crippen LogP contribution is -2.38. The fraction of sp³-hybridized carbons (Fsp3) is 0.417. The van der Waals surface area contributed by atoms with Crippen LogP contribution in [0.4, 0.5) is 0 Å². The molecule has 2 aromatic carbocycles. The van der Waals surface area contributed by atoms with E-state index in [0.717, 1.165) is 18.7 Å². The number of aryl methyl sites for hydroxylation is 1. The maximum Gasteiger partial charge on any atom is 0.129 e. The van der Waals surface area contributed by atoms with Gasteiger partial charge in [0.1, 0.15) is 12.4 Å². The SMILES string of the molecule is CC(C)N(CCc1cn(C)c2cccc(OCc3ccccc3)c12)C(C)C. The second-order valence-corrected chi connectivity index (χ2v) is 7.87. The van der Waals surface area contributed by atoms with E-state index in [1.54, 1.807) is 0 Å². The molecule has 0 amide bonds. The maximum absolute atomic E-state index is 6.23. The van der Waals surface area contributed by atoms with Gasteiger partial charge in [0.15, 0.2) is 0 Å². The normalized spacial score (nSPS) is 11.9. The van der Waals surface area contributed by atoms with Gasteiger partial charge in [0.2, 0.25) is 0 Å². The third-order valence-corrected chi connectivity index (χ3v) is 5.26. The first-order valence-corrected chi connectivity index (χ1v) is 9.96. The summed E-state index contributed by atoms with van der Waals surface area (Å²) in [4.78, 5) is 2.55. The maximum atomic E-state index is 6.23. The van der Waals surface area contributed by atoms with Crippen molar-refractivity contribution in [1.29, 1.82) is 0 Å². The molecule has 144 valence electrons. The summed E-state index contributed by atoms with van der Waals surface area (Å²) in [7, 11) is 2.12. The topological polar surface area (TPSA) is 17.4 Å². The van der Waals surface area contributed by atoms with Crippen LogP contribution in [-0.2, 0) is 20.1 Å². The lowest BCUT2D eigenvalue weighted by atomic mass is 10.1. The van der Waals surface area contributed by atoms with E-state index >= 15 is 0 Å². The molecule has 0 atom stereocenters. The van der Waals surface area contributed by atoms with Gasteiger partial charge in [-0.15, -0.1) is 0 Å². The number of ether oxygens (including phenoxy) is 1. The van der Waals surface area contributed by atoms with E-state index in [1.165, 1.54) is 22.0 Å². The molecule has 3 nitrogen and oxygen atoms in total. The van der Waals surface area contributed by atoms with Crippen molar-refractivity contribution in [2.24, 2.45) is 7.05 Å². The standard InChI is InChI=1S/C24H32N2O/c1-18(2)26(19(3)4)15-14-21-16-25(5)22-12-9-13-23(24(21)22)27-17-20-10-7-6-8-11-20/h6-13,16,18-19H,14-15,17H2,1-5H3. The molecule has 0 saturated heterocycles. The quantitative estimate of drug-likeness (QED) is 0.531. The van der Waals surface area contributed by atoms with Gasteiger partial charge in [0.05, 0.1) is 5.52 Å². The molecule has 0 radical (unpaired) electrons. The third kappa shape index (κ3) is 4.54. The Labute approximate surface area is 163 Å². The summed E-state index contributed by atoms with van der Waals surface area (Å²) in [5.41, 5.74) is 3.79. The highest BCUT2D eigenvalue weighted by Gasteiger charge is 2.16. The minimum absolute atomic E-state index is 0.550. The average Bonchev–Trinajstić information content (AvgIpc) is 2.97. The molecule has 3 rings (SSSR count). The van der Waals surface area contributed by atoms with E-state index < -0.39 is 0 Å². The molecule has 0 N–H and O–H groups in total. The molecule has 0 aliphatic rings. The fourth-order valence-corrected chi connectivity index (χ4v) is 3.91. The average molecular weight is 365 g/mol. The molecule has 1 heterocycles. The number of hydrogen-bond acceptors (Lipinski definition) is 2. The molecular formula is C24H32N2O. The Kier molecular flexibility index (Phi) is 6.22. The van der Waals surface area contributed by atoms with Crippen molar-refractivity contribution in [3.05, 3.63) is 65.9 Å². The Hall–Kier alpha value is -2.26. The number of rotatable bonds is 8. The number of fused-ring (bicyclic) bond motifs is 1. The highest BCUT2D eigenvalue weighted by atomic mass is 16.5. The van der Waals surface area contributed by atoms with Crippen LogP contribution in [0.1, 0.15) is 38.8 Å². The highest BCUT2D eigenvalue weighted by molar-refractivity contribution is 5.90. The number of nitrogens with zero attached hydrogens (tertiary/aromatic N) is 2. The van der Waals surface area contributed by atoms with Crippen LogP contribution in [0.5, 0.6) is 5.75 Å². The molecule has 0 saturated carbocycles. The van der Waals surface area contributed by atoms with Crippen LogP contribution in [0, 0.1) is 0 Å². The molecule has 3 heteroatoms. The molecule has 0 aliphatic heterocycles. The van der Waals surface area contributed by atoms with Crippen molar-refractivity contribution in [2.45, 2.75) is 52.8 Å². The predicted octanol–water partition coefficient (Wildman–Crippen LogP) is 5.42. The first-order chi connectivity index (χ1) is 13.0. The molecule has 3 aromatic rings. The number of aromatic nitrogens is 1. The number of benzene rings is 2. The second kappa shape index (κ2) is 8.62. The third-order valence-electron chi connectivity index (χ3n) is 5.26. The molecule has 0 bridgehead atoms. The summed E-state index contributed by atoms with van der Waals surface area (Å²) < 4.78 is 8.45. The van der Waals surface area contributed by atoms with E-state index in [9.17, 15) is 0 Å². The summed E-state index contributed by atoms with van der Waals surface area (Å²) in [6.07, 6.45) is 3.29. The smallest absolute Gasteiger partial charge is 0.129 e. The zero-order valence-corrected chi connectivity index (χ0v) is 17.3. The summed E-state index contributed by atoms with van der Waals surface area (Å²) in [6, 6.07) is 17.8. The summed E-state index contributed by atoms with van der Waals surface area (Å²) in [5, 5.41) is 1.25. The molecule has 0 spiro atoms. The van der Waals surface area contributed by atoms with Crippen molar-refractivity contribution >= 4 is 10.9 Å². The Morgan fingerprint density at radius 1 is 0.926 bits per heavy atom. The van der Waals surface area contributed by atoms with Crippen molar-refractivity contribution in [2.75, 3.05) is 6.54 Å². The Morgan fingerprint density at radius 2 is 1.63 bits per heavy atom. The molecule has 0 fully saturated rings. The van der Waals surface area contributed by atoms with Gasteiger partial charge in [-0.3, -0.25) is 4.90 Å². The van der Waals surface area contributed by atoms with Crippen LogP contribution < -0.4 is 4.74 Å². The lowest BCUT2D eigenvalue weighted by molar-refractivity contribution is 0.177. The van der Waals surface area contributed by atoms with Gasteiger partial charge in [-0.2, -0.15) is 0 Å². The van der Waals surface area contributed by atoms with Crippen LogP contribution in [0.3, 0.4) is 0 Å². The van der Waals surface area contributed by atoms with Crippen molar-refractivity contribution in [3.8, 4) is 5.75 Å². The number of hydrogen-bond donors (Lipinski definition) is 0. The van der Waals surface area contributed by atoms with E-state index in [-0.39, 0.29) is 0 Å². The van der Waals surface area contributed by atoms with Crippen LogP contribution >= 0.6 is 0 Å². The first-order valence-electron chi connectivity index (χ1n) is 9.96. The van der Waals surface area contributed by atoms with E-state index in [1.807, 2.05) is 6.07 Å². The summed E-state index contributed by atoms with van der Waals surface area (Å²) in [5.74, 6) is 0.979. The van der Waals surface area contributed by atoms with E-state index in [0.29, 0.717) is 18.7 Å². The largest absolute Gasteiger partial charge is 0.488 e. The van der Waals surface area contributed by atoms with Crippen LogP contribution in [0.25, 0.3) is 10.9 Å². The van der Waals surface area contributed by atoms with Gasteiger partial charge in [0, 0.05) is 37.3 Å². The van der Waals surface area contributed by atoms with Gasteiger partial charge in [-0.05, 0) is 57.4 Å². The summed E-state index contributed by atoms with van der Waals surface area (Å²) in [6.45, 7) is 10.8. The van der Waals surface area contributed by atoms with E-state index in [4.69, 9.17) is 4.74 Å². The lowest BCUT2D eigenvalue weighted by Gasteiger charge is -2.30. The highest BCUT2D eigenvalue weighted by Crippen LogP contribution is 2.31. The van der Waals surface area contributed by atoms with Crippen molar-refractivity contribution in [3.63, 3.8) is 0 Å². The molecule has 0 unspecified atom stereocenters. The molecule has 0 aliphatic carbocycles. The van der Waals surface area contributed by atoms with Gasteiger partial charge >= 0.3 is 0 Å². The molecular weight excluding hydrogens is 332 g/mol. The van der Waals surface area contributed by atoms with Gasteiger partial charge < -0.3 is 9.30 Å².